The van der Waals surface area contributed by atoms with E-state index in [9.17, 15) is 22.4 Å². The largest absolute Gasteiger partial charge is 0.481 e. The molecule has 1 saturated heterocycles. The third-order valence-corrected chi connectivity index (χ3v) is 4.16. The van der Waals surface area contributed by atoms with E-state index in [0.29, 0.717) is 11.3 Å². The van der Waals surface area contributed by atoms with Gasteiger partial charge >= 0.3 is 12.1 Å². The summed E-state index contributed by atoms with van der Waals surface area (Å²) in [5.41, 5.74) is 0.914. The second-order valence-corrected chi connectivity index (χ2v) is 5.94. The van der Waals surface area contributed by atoms with Gasteiger partial charge in [-0.1, -0.05) is 0 Å². The molecule has 2 atom stereocenters. The minimum absolute atomic E-state index is 0.0427. The van der Waals surface area contributed by atoms with Gasteiger partial charge in [-0.25, -0.2) is 9.37 Å². The van der Waals surface area contributed by atoms with Gasteiger partial charge in [0.25, 0.3) is 0 Å². The van der Waals surface area contributed by atoms with Crippen LogP contribution in [0.1, 0.15) is 5.69 Å². The first kappa shape index (κ1) is 17.4. The van der Waals surface area contributed by atoms with E-state index in [-0.39, 0.29) is 19.0 Å². The topological polar surface area (TPSA) is 66.6 Å². The molecule has 9 heteroatoms. The first-order chi connectivity index (χ1) is 11.7. The van der Waals surface area contributed by atoms with Crippen LogP contribution < -0.4 is 0 Å². The molecular formula is C16H14F4N2O3. The van der Waals surface area contributed by atoms with Crippen LogP contribution >= 0.6 is 0 Å². The summed E-state index contributed by atoms with van der Waals surface area (Å²) in [6.45, 7) is -0.571. The molecule has 0 unspecified atom stereocenters. The molecule has 1 aliphatic rings. The zero-order valence-electron chi connectivity index (χ0n) is 12.8. The molecule has 0 amide bonds. The molecule has 1 fully saturated rings. The van der Waals surface area contributed by atoms with E-state index in [0.717, 1.165) is 0 Å². The summed E-state index contributed by atoms with van der Waals surface area (Å²) < 4.78 is 57.1. The number of hydrogen-bond donors (Lipinski definition) is 1. The molecule has 1 N–H and O–H groups in total. The Hall–Kier alpha value is -2.42. The quantitative estimate of drug-likeness (QED) is 0.851. The number of benzene rings is 1. The zero-order chi connectivity index (χ0) is 18.2. The van der Waals surface area contributed by atoms with E-state index in [1.54, 1.807) is 0 Å². The molecule has 0 saturated carbocycles. The molecule has 1 aromatic carbocycles. The third-order valence-electron chi connectivity index (χ3n) is 4.16. The van der Waals surface area contributed by atoms with Gasteiger partial charge < -0.3 is 9.52 Å². The van der Waals surface area contributed by atoms with Gasteiger partial charge in [0.15, 0.2) is 0 Å². The fraction of sp³-hybridized carbons (Fsp3) is 0.375. The summed E-state index contributed by atoms with van der Waals surface area (Å²) >= 11 is 0. The van der Waals surface area contributed by atoms with Gasteiger partial charge in [0, 0.05) is 25.2 Å². The van der Waals surface area contributed by atoms with Crippen LogP contribution in [0.3, 0.4) is 0 Å². The molecule has 3 rings (SSSR count). The maximum Gasteiger partial charge on any atom is 0.393 e. The van der Waals surface area contributed by atoms with E-state index >= 15 is 0 Å². The lowest BCUT2D eigenvalue weighted by Gasteiger charge is -2.18. The fourth-order valence-corrected chi connectivity index (χ4v) is 2.93. The highest BCUT2D eigenvalue weighted by Gasteiger charge is 2.52. The first-order valence-corrected chi connectivity index (χ1v) is 7.46. The highest BCUT2D eigenvalue weighted by Crippen LogP contribution is 2.38. The molecule has 2 heterocycles. The maximum absolute atomic E-state index is 13.0. The van der Waals surface area contributed by atoms with Crippen LogP contribution in [0.4, 0.5) is 17.6 Å². The standard InChI is InChI=1S/C16H14F4N2O3/c17-10-3-1-9(2-4-10)14-21-11(8-25-14)5-22-6-12(15(23)24)13(7-22)16(18,19)20/h1-4,8,12-13H,5-7H2,(H,23,24)/t12-,13-/m1/s1. The molecular weight excluding hydrogens is 344 g/mol. The second kappa shape index (κ2) is 6.47. The van der Waals surface area contributed by atoms with Gasteiger partial charge in [0.2, 0.25) is 5.89 Å². The number of oxazole rings is 1. The van der Waals surface area contributed by atoms with Crippen molar-refractivity contribution in [2.45, 2.75) is 12.7 Å². The van der Waals surface area contributed by atoms with Gasteiger partial charge in [0.1, 0.15) is 12.1 Å². The number of aliphatic carboxylic acids is 1. The van der Waals surface area contributed by atoms with Crippen molar-refractivity contribution in [1.82, 2.24) is 9.88 Å². The number of carboxylic acids is 1. The molecule has 2 aromatic rings. The predicted octanol–water partition coefficient (Wildman–Crippen LogP) is 3.18. The van der Waals surface area contributed by atoms with Crippen molar-refractivity contribution in [3.8, 4) is 11.5 Å². The van der Waals surface area contributed by atoms with Gasteiger partial charge in [-0.05, 0) is 24.3 Å². The zero-order valence-corrected chi connectivity index (χ0v) is 12.8. The van der Waals surface area contributed by atoms with Crippen molar-refractivity contribution in [3.63, 3.8) is 0 Å². The van der Waals surface area contributed by atoms with Crippen molar-refractivity contribution in [2.75, 3.05) is 13.1 Å². The van der Waals surface area contributed by atoms with E-state index < -0.39 is 36.3 Å². The molecule has 0 radical (unpaired) electrons. The maximum atomic E-state index is 13.0. The Morgan fingerprint density at radius 2 is 1.96 bits per heavy atom. The second-order valence-electron chi connectivity index (χ2n) is 5.94. The smallest absolute Gasteiger partial charge is 0.393 e. The fourth-order valence-electron chi connectivity index (χ4n) is 2.93. The Morgan fingerprint density at radius 3 is 2.52 bits per heavy atom. The van der Waals surface area contributed by atoms with E-state index in [2.05, 4.69) is 4.98 Å². The first-order valence-electron chi connectivity index (χ1n) is 7.46. The number of aromatic nitrogens is 1. The summed E-state index contributed by atoms with van der Waals surface area (Å²) in [5.74, 6) is -5.06. The molecule has 1 aromatic heterocycles. The number of nitrogens with zero attached hydrogens (tertiary/aromatic N) is 2. The molecule has 1 aliphatic heterocycles. The minimum atomic E-state index is -4.57. The van der Waals surface area contributed by atoms with Crippen LogP contribution in [0.15, 0.2) is 34.9 Å². The van der Waals surface area contributed by atoms with Crippen LogP contribution in [0.2, 0.25) is 0 Å². The molecule has 5 nitrogen and oxygen atoms in total. The Bertz CT molecular complexity index is 757. The lowest BCUT2D eigenvalue weighted by molar-refractivity contribution is -0.188. The molecule has 25 heavy (non-hydrogen) atoms. The number of carbonyl (C=O) groups is 1. The molecule has 0 aliphatic carbocycles. The van der Waals surface area contributed by atoms with Crippen molar-refractivity contribution in [1.29, 1.82) is 0 Å². The highest BCUT2D eigenvalue weighted by atomic mass is 19.4. The van der Waals surface area contributed by atoms with Crippen molar-refractivity contribution >= 4 is 5.97 Å². The number of hydrogen-bond acceptors (Lipinski definition) is 4. The number of likely N-dealkylation sites (tertiary alicyclic amines) is 1. The number of alkyl halides is 3. The van der Waals surface area contributed by atoms with Gasteiger partial charge in [-0.3, -0.25) is 9.69 Å². The third kappa shape index (κ3) is 3.81. The SMILES string of the molecule is O=C(O)[C@@H]1CN(Cc2coc(-c3ccc(F)cc3)n2)C[C@H]1C(F)(F)F. The van der Waals surface area contributed by atoms with Crippen LogP contribution in [0, 0.1) is 17.7 Å². The summed E-state index contributed by atoms with van der Waals surface area (Å²) in [4.78, 5) is 16.6. The van der Waals surface area contributed by atoms with Gasteiger partial charge in [0.05, 0.1) is 17.5 Å². The minimum Gasteiger partial charge on any atom is -0.481 e. The molecule has 0 bridgehead atoms. The summed E-state index contributed by atoms with van der Waals surface area (Å²) in [5, 5.41) is 9.01. The van der Waals surface area contributed by atoms with E-state index in [1.165, 1.54) is 35.4 Å². The lowest BCUT2D eigenvalue weighted by Crippen LogP contribution is -2.33. The Balaban J connectivity index is 1.71. The van der Waals surface area contributed by atoms with E-state index in [1.807, 2.05) is 0 Å². The number of carboxylic acid groups (broad SMARTS) is 1. The molecule has 0 spiro atoms. The highest BCUT2D eigenvalue weighted by molar-refractivity contribution is 5.71. The van der Waals surface area contributed by atoms with Gasteiger partial charge in [-0.2, -0.15) is 13.2 Å². The van der Waals surface area contributed by atoms with Crippen molar-refractivity contribution in [3.05, 3.63) is 42.0 Å². The van der Waals surface area contributed by atoms with Crippen LogP contribution in [-0.4, -0.2) is 40.2 Å². The Kier molecular flexibility index (Phi) is 4.51. The molecule has 134 valence electrons. The average Bonchev–Trinajstić information content (AvgIpc) is 3.15. The van der Waals surface area contributed by atoms with Crippen molar-refractivity contribution in [2.24, 2.45) is 11.8 Å². The average molecular weight is 358 g/mol. The number of rotatable bonds is 4. The van der Waals surface area contributed by atoms with Crippen LogP contribution in [0.5, 0.6) is 0 Å². The van der Waals surface area contributed by atoms with E-state index in [4.69, 9.17) is 9.52 Å². The summed E-state index contributed by atoms with van der Waals surface area (Å²) in [6.07, 6.45) is -3.27. The van der Waals surface area contributed by atoms with Crippen LogP contribution in [-0.2, 0) is 11.3 Å². The van der Waals surface area contributed by atoms with Crippen LogP contribution in [0.25, 0.3) is 11.5 Å². The Labute approximate surface area is 139 Å². The monoisotopic (exact) mass is 358 g/mol. The summed E-state index contributed by atoms with van der Waals surface area (Å²) in [7, 11) is 0. The predicted molar refractivity (Wildman–Crippen MR) is 77.8 cm³/mol. The Morgan fingerprint density at radius 1 is 1.28 bits per heavy atom. The lowest BCUT2D eigenvalue weighted by atomic mass is 9.96. The van der Waals surface area contributed by atoms with Gasteiger partial charge in [-0.15, -0.1) is 0 Å². The number of halogens is 4. The van der Waals surface area contributed by atoms with Crippen molar-refractivity contribution < 1.29 is 31.9 Å². The summed E-state index contributed by atoms with van der Waals surface area (Å²) in [6, 6.07) is 5.43. The normalized spacial score (nSPS) is 21.6.